The average molecular weight is 396 g/mol. The molecule has 2 rings (SSSR count). The van der Waals surface area contributed by atoms with Gasteiger partial charge in [0.2, 0.25) is 5.78 Å². The number of rotatable bonds is 2. The molecule has 2 nitrogen and oxygen atoms in total. The van der Waals surface area contributed by atoms with Crippen LogP contribution in [0.4, 0.5) is 5.69 Å². The minimum Gasteiger partial charge on any atom is -0.399 e. The first-order valence-electron chi connectivity index (χ1n) is 4.53. The molecule has 0 amide bonds. The van der Waals surface area contributed by atoms with Crippen molar-refractivity contribution in [2.24, 2.45) is 0 Å². The third-order valence-electron chi connectivity index (χ3n) is 2.05. The van der Waals surface area contributed by atoms with Crippen LogP contribution in [0.15, 0.2) is 32.5 Å². The van der Waals surface area contributed by atoms with Gasteiger partial charge in [-0.15, -0.1) is 11.3 Å². The van der Waals surface area contributed by atoms with Gasteiger partial charge < -0.3 is 5.73 Å². The van der Waals surface area contributed by atoms with Crippen molar-refractivity contribution in [1.29, 1.82) is 0 Å². The third-order valence-corrected chi connectivity index (χ3v) is 5.52. The Balaban J connectivity index is 2.43. The largest absolute Gasteiger partial charge is 0.399 e. The van der Waals surface area contributed by atoms with Gasteiger partial charge in [0.1, 0.15) is 0 Å². The number of carbonyl (C=O) groups is 1. The lowest BCUT2D eigenvalue weighted by atomic mass is 10.1. The van der Waals surface area contributed by atoms with Crippen LogP contribution < -0.4 is 5.73 Å². The summed E-state index contributed by atoms with van der Waals surface area (Å²) in [6.07, 6.45) is 0. The van der Waals surface area contributed by atoms with Crippen molar-refractivity contribution in [3.8, 4) is 0 Å². The topological polar surface area (TPSA) is 43.1 Å². The normalized spacial score (nSPS) is 10.5. The summed E-state index contributed by atoms with van der Waals surface area (Å²) in [5.41, 5.74) is 6.64. The highest BCUT2D eigenvalue weighted by Crippen LogP contribution is 2.34. The minimum absolute atomic E-state index is 0.0874. The Hall–Kier alpha value is -0.360. The summed E-state index contributed by atoms with van der Waals surface area (Å²) in [5.74, 6) is -0.0874. The molecule has 6 heteroatoms. The van der Waals surface area contributed by atoms with Gasteiger partial charge in [0.05, 0.1) is 8.66 Å². The summed E-state index contributed by atoms with van der Waals surface area (Å²) < 4.78 is 1.75. The maximum atomic E-state index is 12.2. The number of halogens is 3. The second-order valence-electron chi connectivity index (χ2n) is 3.33. The zero-order valence-corrected chi connectivity index (χ0v) is 13.1. The van der Waals surface area contributed by atoms with Crippen molar-refractivity contribution in [2.45, 2.75) is 0 Å². The number of nitrogens with two attached hydrogens (primary N) is 1. The second-order valence-corrected chi connectivity index (χ2v) is 7.00. The number of hydrogen-bond acceptors (Lipinski definition) is 3. The Morgan fingerprint density at radius 1 is 1.24 bits per heavy atom. The molecule has 1 aromatic carbocycles. The predicted octanol–water partition coefficient (Wildman–Crippen LogP) is 4.74. The summed E-state index contributed by atoms with van der Waals surface area (Å²) >= 11 is 13.9. The van der Waals surface area contributed by atoms with E-state index in [4.69, 9.17) is 17.3 Å². The molecule has 0 spiro atoms. The van der Waals surface area contributed by atoms with Crippen LogP contribution in [-0.4, -0.2) is 5.78 Å². The fourth-order valence-electron chi connectivity index (χ4n) is 1.34. The Labute approximate surface area is 124 Å². The zero-order chi connectivity index (χ0) is 12.6. The van der Waals surface area contributed by atoms with Crippen LogP contribution in [-0.2, 0) is 0 Å². The number of nitrogen functional groups attached to an aromatic ring is 1. The van der Waals surface area contributed by atoms with Crippen LogP contribution in [0.5, 0.6) is 0 Å². The maximum Gasteiger partial charge on any atom is 0.203 e. The smallest absolute Gasteiger partial charge is 0.203 e. The van der Waals surface area contributed by atoms with Crippen molar-refractivity contribution in [3.05, 3.63) is 48.0 Å². The zero-order valence-electron chi connectivity index (χ0n) is 8.34. The van der Waals surface area contributed by atoms with Crippen LogP contribution in [0.2, 0.25) is 5.02 Å². The molecule has 0 aliphatic carbocycles. The Morgan fingerprint density at radius 3 is 2.47 bits per heavy atom. The first kappa shape index (κ1) is 13.1. The van der Waals surface area contributed by atoms with Crippen LogP contribution in [0, 0.1) is 0 Å². The van der Waals surface area contributed by atoms with Crippen molar-refractivity contribution in [1.82, 2.24) is 0 Å². The number of ketones is 1. The second kappa shape index (κ2) is 5.10. The van der Waals surface area contributed by atoms with Gasteiger partial charge >= 0.3 is 0 Å². The first-order chi connectivity index (χ1) is 7.97. The number of benzene rings is 1. The van der Waals surface area contributed by atoms with Crippen LogP contribution in [0.1, 0.15) is 15.2 Å². The molecule has 0 aliphatic rings. The molecule has 0 bridgehead atoms. The molecule has 0 saturated carbocycles. The fraction of sp³-hybridized carbons (Fsp3) is 0. The summed E-state index contributed by atoms with van der Waals surface area (Å²) in [6.45, 7) is 0. The molecule has 1 aromatic heterocycles. The van der Waals surface area contributed by atoms with E-state index in [0.717, 1.165) is 8.26 Å². The Bertz CT molecular complexity index is 557. The Kier molecular flexibility index (Phi) is 3.92. The number of thiophene rings is 1. The number of carbonyl (C=O) groups excluding carboxylic acids is 1. The highest BCUT2D eigenvalue weighted by molar-refractivity contribution is 9.13. The highest BCUT2D eigenvalue weighted by atomic mass is 79.9. The van der Waals surface area contributed by atoms with Gasteiger partial charge in [-0.1, -0.05) is 11.6 Å². The van der Waals surface area contributed by atoms with Crippen molar-refractivity contribution < 1.29 is 4.79 Å². The van der Waals surface area contributed by atoms with Gasteiger partial charge in [-0.3, -0.25) is 4.79 Å². The van der Waals surface area contributed by atoms with Gasteiger partial charge in [-0.2, -0.15) is 0 Å². The van der Waals surface area contributed by atoms with E-state index in [1.807, 2.05) is 0 Å². The molecule has 2 N–H and O–H groups in total. The van der Waals surface area contributed by atoms with E-state index in [2.05, 4.69) is 31.9 Å². The predicted molar refractivity (Wildman–Crippen MR) is 79.0 cm³/mol. The molecule has 0 fully saturated rings. The lowest BCUT2D eigenvalue weighted by Gasteiger charge is -2.01. The van der Waals surface area contributed by atoms with E-state index >= 15 is 0 Å². The first-order valence-corrected chi connectivity index (χ1v) is 7.31. The molecule has 1 heterocycles. The molecule has 0 aliphatic heterocycles. The molecule has 0 unspecified atom stereocenters. The quantitative estimate of drug-likeness (QED) is 0.590. The molecule has 0 atom stereocenters. The third kappa shape index (κ3) is 2.91. The van der Waals surface area contributed by atoms with Gasteiger partial charge in [0, 0.05) is 20.7 Å². The Morgan fingerprint density at radius 2 is 1.94 bits per heavy atom. The SMILES string of the molecule is Nc1cc(Cl)cc(C(=O)c2cc(Br)c(Br)s2)c1. The van der Waals surface area contributed by atoms with Gasteiger partial charge in [0.25, 0.3) is 0 Å². The monoisotopic (exact) mass is 393 g/mol. The summed E-state index contributed by atoms with van der Waals surface area (Å²) in [5, 5.41) is 0.461. The molecule has 2 aromatic rings. The van der Waals surface area contributed by atoms with E-state index in [9.17, 15) is 4.79 Å². The fourth-order valence-corrected chi connectivity index (χ4v) is 3.59. The lowest BCUT2D eigenvalue weighted by Crippen LogP contribution is -1.99. The van der Waals surface area contributed by atoms with Crippen molar-refractivity contribution in [2.75, 3.05) is 5.73 Å². The summed E-state index contributed by atoms with van der Waals surface area (Å²) in [6, 6.07) is 6.62. The lowest BCUT2D eigenvalue weighted by molar-refractivity contribution is 0.104. The number of hydrogen-bond donors (Lipinski definition) is 1. The molecular formula is C11H6Br2ClNOS. The van der Waals surface area contributed by atoms with E-state index in [-0.39, 0.29) is 5.78 Å². The van der Waals surface area contributed by atoms with Gasteiger partial charge in [-0.25, -0.2) is 0 Å². The summed E-state index contributed by atoms with van der Waals surface area (Å²) in [4.78, 5) is 12.8. The average Bonchev–Trinajstić information content (AvgIpc) is 2.57. The van der Waals surface area contributed by atoms with Crippen LogP contribution in [0.25, 0.3) is 0 Å². The van der Waals surface area contributed by atoms with Crippen molar-refractivity contribution >= 4 is 66.3 Å². The molecular weight excluding hydrogens is 389 g/mol. The molecule has 17 heavy (non-hydrogen) atoms. The van der Waals surface area contributed by atoms with E-state index in [1.165, 1.54) is 11.3 Å². The number of anilines is 1. The van der Waals surface area contributed by atoms with Crippen LogP contribution in [0.3, 0.4) is 0 Å². The highest BCUT2D eigenvalue weighted by Gasteiger charge is 2.15. The van der Waals surface area contributed by atoms with E-state index < -0.39 is 0 Å². The summed E-state index contributed by atoms with van der Waals surface area (Å²) in [7, 11) is 0. The molecule has 0 radical (unpaired) electrons. The maximum absolute atomic E-state index is 12.2. The van der Waals surface area contributed by atoms with E-state index in [1.54, 1.807) is 24.3 Å². The van der Waals surface area contributed by atoms with Crippen LogP contribution >= 0.6 is 54.8 Å². The van der Waals surface area contributed by atoms with Gasteiger partial charge in [0.15, 0.2) is 0 Å². The minimum atomic E-state index is -0.0874. The standard InChI is InChI=1S/C11H6Br2ClNOS/c12-8-4-9(17-11(8)13)10(16)5-1-6(14)3-7(15)2-5/h1-4H,15H2. The molecule has 88 valence electrons. The van der Waals surface area contributed by atoms with Gasteiger partial charge in [-0.05, 0) is 56.1 Å². The van der Waals surface area contributed by atoms with E-state index in [0.29, 0.717) is 21.2 Å². The molecule has 0 saturated heterocycles. The van der Waals surface area contributed by atoms with Crippen molar-refractivity contribution in [3.63, 3.8) is 0 Å².